The molecule has 0 aliphatic heterocycles. The first kappa shape index (κ1) is 11.6. The fourth-order valence-corrected chi connectivity index (χ4v) is 0.566. The van der Waals surface area contributed by atoms with Gasteiger partial charge in [0.05, 0.1) is 6.61 Å². The van der Waals surface area contributed by atoms with Crippen LogP contribution in [-0.2, 0) is 14.6 Å². The van der Waals surface area contributed by atoms with Crippen LogP contribution in [0.3, 0.4) is 0 Å². The van der Waals surface area contributed by atoms with Gasteiger partial charge in [0.2, 0.25) is 0 Å². The Morgan fingerprint density at radius 1 is 1.56 bits per heavy atom. The van der Waals surface area contributed by atoms with Gasteiger partial charge in [-0.3, -0.25) is 4.55 Å². The maximum absolute atomic E-state index is 9.72. The zero-order valence-electron chi connectivity index (χ0n) is 4.99. The SMILES string of the molecule is CCCOS(=O)(=O)O.O. The molecule has 0 aromatic heterocycles. The van der Waals surface area contributed by atoms with Gasteiger partial charge in [-0.2, -0.15) is 8.42 Å². The molecule has 0 bridgehead atoms. The maximum Gasteiger partial charge on any atom is 0.397 e. The van der Waals surface area contributed by atoms with Crippen LogP contribution in [0, 0.1) is 0 Å². The van der Waals surface area contributed by atoms with Gasteiger partial charge >= 0.3 is 10.4 Å². The summed E-state index contributed by atoms with van der Waals surface area (Å²) >= 11 is 0. The minimum Gasteiger partial charge on any atom is -0.412 e. The van der Waals surface area contributed by atoms with Gasteiger partial charge in [-0.05, 0) is 6.42 Å². The molecule has 0 saturated carbocycles. The lowest BCUT2D eigenvalue weighted by Gasteiger charge is -1.92. The second-order valence-corrected chi connectivity index (χ2v) is 2.34. The second-order valence-electron chi connectivity index (χ2n) is 1.25. The van der Waals surface area contributed by atoms with E-state index in [-0.39, 0.29) is 12.1 Å². The van der Waals surface area contributed by atoms with Crippen molar-refractivity contribution < 1.29 is 22.6 Å². The predicted octanol–water partition coefficient (Wildman–Crippen LogP) is -0.609. The van der Waals surface area contributed by atoms with E-state index in [1.54, 1.807) is 6.92 Å². The average molecular weight is 158 g/mol. The van der Waals surface area contributed by atoms with E-state index in [0.29, 0.717) is 6.42 Å². The first-order valence-electron chi connectivity index (χ1n) is 2.18. The van der Waals surface area contributed by atoms with Gasteiger partial charge in [0.15, 0.2) is 0 Å². The standard InChI is InChI=1S/C3H8O4S.H2O/c1-2-3-7-8(4,5)6;/h2-3H2,1H3,(H,4,5,6);1H2. The zero-order chi connectivity index (χ0) is 6.62. The molecule has 58 valence electrons. The molecular weight excluding hydrogens is 148 g/mol. The molecule has 6 heteroatoms. The van der Waals surface area contributed by atoms with Gasteiger partial charge in [0.1, 0.15) is 0 Å². The predicted molar refractivity (Wildman–Crippen MR) is 31.4 cm³/mol. The molecule has 3 N–H and O–H groups in total. The lowest BCUT2D eigenvalue weighted by Crippen LogP contribution is -2.03. The van der Waals surface area contributed by atoms with Gasteiger partial charge < -0.3 is 5.48 Å². The summed E-state index contributed by atoms with van der Waals surface area (Å²) in [7, 11) is -4.19. The Balaban J connectivity index is 0. The van der Waals surface area contributed by atoms with E-state index in [2.05, 4.69) is 4.18 Å². The highest BCUT2D eigenvalue weighted by Crippen LogP contribution is 1.86. The minimum atomic E-state index is -4.19. The molecule has 0 rings (SSSR count). The normalized spacial score (nSPS) is 10.4. The molecule has 5 nitrogen and oxygen atoms in total. The van der Waals surface area contributed by atoms with Crippen molar-refractivity contribution in [1.82, 2.24) is 0 Å². The molecule has 0 unspecified atom stereocenters. The van der Waals surface area contributed by atoms with E-state index in [1.807, 2.05) is 0 Å². The molecule has 0 aliphatic carbocycles. The van der Waals surface area contributed by atoms with Crippen molar-refractivity contribution in [2.24, 2.45) is 0 Å². The third-order valence-electron chi connectivity index (χ3n) is 0.436. The summed E-state index contributed by atoms with van der Waals surface area (Å²) in [5, 5.41) is 0. The van der Waals surface area contributed by atoms with Crippen LogP contribution < -0.4 is 0 Å². The molecule has 9 heavy (non-hydrogen) atoms. The third-order valence-corrected chi connectivity index (χ3v) is 0.901. The molecule has 0 aromatic carbocycles. The van der Waals surface area contributed by atoms with Crippen LogP contribution in [0.5, 0.6) is 0 Å². The quantitative estimate of drug-likeness (QED) is 0.554. The Kier molecular flexibility index (Phi) is 6.04. The summed E-state index contributed by atoms with van der Waals surface area (Å²) in [6.07, 6.45) is 0.569. The Morgan fingerprint density at radius 2 is 2.00 bits per heavy atom. The van der Waals surface area contributed by atoms with Crippen molar-refractivity contribution in [2.75, 3.05) is 6.61 Å². The van der Waals surface area contributed by atoms with Crippen molar-refractivity contribution in [3.05, 3.63) is 0 Å². The lowest BCUT2D eigenvalue weighted by atomic mass is 10.5. The fraction of sp³-hybridized carbons (Fsp3) is 1.00. The van der Waals surface area contributed by atoms with Gasteiger partial charge in [0.25, 0.3) is 0 Å². The maximum atomic E-state index is 9.72. The van der Waals surface area contributed by atoms with Crippen molar-refractivity contribution >= 4 is 10.4 Å². The van der Waals surface area contributed by atoms with Crippen LogP contribution in [0.25, 0.3) is 0 Å². The van der Waals surface area contributed by atoms with Gasteiger partial charge in [-0.25, -0.2) is 4.18 Å². The van der Waals surface area contributed by atoms with Crippen molar-refractivity contribution in [3.8, 4) is 0 Å². The van der Waals surface area contributed by atoms with Crippen LogP contribution in [0.2, 0.25) is 0 Å². The van der Waals surface area contributed by atoms with E-state index in [4.69, 9.17) is 4.55 Å². The molecule has 0 fully saturated rings. The molecule has 0 radical (unpaired) electrons. The van der Waals surface area contributed by atoms with Gasteiger partial charge in [-0.1, -0.05) is 6.92 Å². The van der Waals surface area contributed by atoms with Crippen molar-refractivity contribution in [2.45, 2.75) is 13.3 Å². The Hall–Kier alpha value is -0.170. The largest absolute Gasteiger partial charge is 0.412 e. The topological polar surface area (TPSA) is 95.1 Å². The van der Waals surface area contributed by atoms with Gasteiger partial charge in [-0.15, -0.1) is 0 Å². The minimum absolute atomic E-state index is 0. The number of hydrogen-bond donors (Lipinski definition) is 1. The van der Waals surface area contributed by atoms with Crippen molar-refractivity contribution in [3.63, 3.8) is 0 Å². The van der Waals surface area contributed by atoms with Gasteiger partial charge in [0, 0.05) is 0 Å². The zero-order valence-corrected chi connectivity index (χ0v) is 5.81. The Labute approximate surface area is 53.9 Å². The van der Waals surface area contributed by atoms with Crippen LogP contribution in [0.15, 0.2) is 0 Å². The summed E-state index contributed by atoms with van der Waals surface area (Å²) in [6.45, 7) is 1.78. The first-order valence-corrected chi connectivity index (χ1v) is 3.54. The summed E-state index contributed by atoms with van der Waals surface area (Å²) < 4.78 is 31.3. The van der Waals surface area contributed by atoms with E-state index < -0.39 is 10.4 Å². The summed E-state index contributed by atoms with van der Waals surface area (Å²) in [6, 6.07) is 0. The van der Waals surface area contributed by atoms with Crippen molar-refractivity contribution in [1.29, 1.82) is 0 Å². The number of hydrogen-bond acceptors (Lipinski definition) is 3. The Morgan fingerprint density at radius 3 is 2.11 bits per heavy atom. The lowest BCUT2D eigenvalue weighted by molar-refractivity contribution is 0.269. The summed E-state index contributed by atoms with van der Waals surface area (Å²) in [4.78, 5) is 0. The van der Waals surface area contributed by atoms with E-state index >= 15 is 0 Å². The van der Waals surface area contributed by atoms with E-state index in [9.17, 15) is 8.42 Å². The summed E-state index contributed by atoms with van der Waals surface area (Å²) in [5.41, 5.74) is 0. The highest BCUT2D eigenvalue weighted by Gasteiger charge is 1.99. The van der Waals surface area contributed by atoms with Crippen LogP contribution in [0.1, 0.15) is 13.3 Å². The Bertz CT molecular complexity index is 136. The molecule has 0 aromatic rings. The van der Waals surface area contributed by atoms with Crippen LogP contribution in [-0.4, -0.2) is 25.1 Å². The molecular formula is C3H10O5S. The highest BCUT2D eigenvalue weighted by atomic mass is 32.3. The number of rotatable bonds is 3. The highest BCUT2D eigenvalue weighted by molar-refractivity contribution is 7.80. The third kappa shape index (κ3) is 11.4. The fourth-order valence-electron chi connectivity index (χ4n) is 0.189. The van der Waals surface area contributed by atoms with Crippen LogP contribution >= 0.6 is 0 Å². The van der Waals surface area contributed by atoms with Crippen LogP contribution in [0.4, 0.5) is 0 Å². The van der Waals surface area contributed by atoms with E-state index in [0.717, 1.165) is 0 Å². The summed E-state index contributed by atoms with van der Waals surface area (Å²) in [5.74, 6) is 0. The molecule has 0 aliphatic rings. The first-order chi connectivity index (χ1) is 3.56. The molecule has 0 atom stereocenters. The van der Waals surface area contributed by atoms with E-state index in [1.165, 1.54) is 0 Å². The molecule has 0 saturated heterocycles. The smallest absolute Gasteiger partial charge is 0.397 e. The average Bonchev–Trinajstić information content (AvgIpc) is 1.59. The molecule has 0 heterocycles. The molecule has 0 amide bonds. The molecule has 0 spiro atoms. The monoisotopic (exact) mass is 158 g/mol. The second kappa shape index (κ2) is 4.68.